The van der Waals surface area contributed by atoms with Crippen LogP contribution in [-0.4, -0.2) is 12.5 Å². The van der Waals surface area contributed by atoms with Crippen molar-refractivity contribution >= 4 is 33.6 Å². The topological polar surface area (TPSA) is 0 Å². The first-order valence-corrected chi connectivity index (χ1v) is 18.9. The van der Waals surface area contributed by atoms with Gasteiger partial charge in [-0.25, -0.2) is 0 Å². The van der Waals surface area contributed by atoms with Crippen LogP contribution in [0, 0.1) is 0 Å². The van der Waals surface area contributed by atoms with Crippen molar-refractivity contribution in [2.45, 2.75) is 81.7 Å². The average molecular weight is 623 g/mol. The van der Waals surface area contributed by atoms with Crippen molar-refractivity contribution in [2.75, 3.05) is 12.5 Å². The van der Waals surface area contributed by atoms with Crippen LogP contribution in [0.4, 0.5) is 0 Å². The quantitative estimate of drug-likeness (QED) is 0.134. The van der Waals surface area contributed by atoms with Crippen molar-refractivity contribution in [3.63, 3.8) is 0 Å². The third kappa shape index (κ3) is 9.08. The van der Waals surface area contributed by atoms with Gasteiger partial charge in [-0.15, -0.1) is 11.8 Å². The molecule has 0 radical (unpaired) electrons. The first kappa shape index (κ1) is 33.1. The molecule has 0 bridgehead atoms. The minimum atomic E-state index is -0.0847. The molecule has 0 saturated carbocycles. The molecule has 0 nitrogen and oxygen atoms in total. The summed E-state index contributed by atoms with van der Waals surface area (Å²) < 4.78 is 0. The summed E-state index contributed by atoms with van der Waals surface area (Å²) in [6, 6.07) is 48.9. The largest absolute Gasteiger partial charge is 0.166 e. The molecule has 43 heavy (non-hydrogen) atoms. The summed E-state index contributed by atoms with van der Waals surface area (Å²) in [6.45, 7) is 13.6. The van der Waals surface area contributed by atoms with Crippen LogP contribution in [-0.2, 0) is 32.6 Å². The molecule has 1 atom stereocenters. The summed E-state index contributed by atoms with van der Waals surface area (Å²) in [5.74, 6) is 0. The maximum atomic E-state index is 2.31. The minimum Gasteiger partial charge on any atom is -0.130 e. The standard InChI is InChI=1S/C26H31S.C14H15S2/c1-25(2,3)20-12-16-23(17-13-20)27(22-10-8-7-9-11-22)24-18-14-21(15-19-24)26(4,5)6;1-15-12-8-10-14(11-9-12)16(2)13-6-4-3-5-7-13/h7-19H,1-6H3;3-11H,1-2H3/q2*+1. The number of benzene rings is 5. The van der Waals surface area contributed by atoms with Crippen molar-refractivity contribution in [1.82, 2.24) is 0 Å². The van der Waals surface area contributed by atoms with E-state index in [0.29, 0.717) is 0 Å². The fourth-order valence-electron chi connectivity index (χ4n) is 4.69. The molecule has 0 aromatic heterocycles. The molecular formula is C40H46S3+2. The molecule has 0 aliphatic carbocycles. The third-order valence-electron chi connectivity index (χ3n) is 7.40. The van der Waals surface area contributed by atoms with Crippen LogP contribution in [0.1, 0.15) is 52.7 Å². The summed E-state index contributed by atoms with van der Waals surface area (Å²) in [7, 11) is 0.0990. The maximum absolute atomic E-state index is 2.31. The van der Waals surface area contributed by atoms with Crippen LogP contribution in [0.25, 0.3) is 0 Å². The van der Waals surface area contributed by atoms with Crippen molar-refractivity contribution in [1.29, 1.82) is 0 Å². The summed E-state index contributed by atoms with van der Waals surface area (Å²) in [5, 5.41) is 0. The molecule has 5 aromatic rings. The highest BCUT2D eigenvalue weighted by atomic mass is 32.2. The van der Waals surface area contributed by atoms with Gasteiger partial charge in [0.05, 0.1) is 21.8 Å². The van der Waals surface area contributed by atoms with Gasteiger partial charge in [0.2, 0.25) is 0 Å². The Kier molecular flexibility index (Phi) is 11.3. The van der Waals surface area contributed by atoms with E-state index in [1.807, 2.05) is 0 Å². The Balaban J connectivity index is 0.000000225. The van der Waals surface area contributed by atoms with Crippen LogP contribution in [0.2, 0.25) is 0 Å². The molecule has 0 saturated heterocycles. The van der Waals surface area contributed by atoms with E-state index in [4.69, 9.17) is 0 Å². The monoisotopic (exact) mass is 622 g/mol. The Hall–Kier alpha value is -2.85. The molecule has 0 spiro atoms. The molecule has 3 heteroatoms. The van der Waals surface area contributed by atoms with E-state index in [9.17, 15) is 0 Å². The Bertz CT molecular complexity index is 1470. The predicted octanol–water partition coefficient (Wildman–Crippen LogP) is 11.5. The molecule has 0 N–H and O–H groups in total. The average Bonchev–Trinajstić information content (AvgIpc) is 3.02. The van der Waals surface area contributed by atoms with Gasteiger partial charge in [-0.2, -0.15) is 0 Å². The van der Waals surface area contributed by atoms with E-state index in [0.717, 1.165) is 0 Å². The van der Waals surface area contributed by atoms with E-state index < -0.39 is 0 Å². The molecule has 5 rings (SSSR count). The molecule has 5 aromatic carbocycles. The summed E-state index contributed by atoms with van der Waals surface area (Å²) >= 11 is 1.79. The highest BCUT2D eigenvalue weighted by molar-refractivity contribution is 7.98. The fraction of sp³-hybridized carbons (Fsp3) is 0.250. The molecule has 0 fully saturated rings. The van der Waals surface area contributed by atoms with E-state index in [-0.39, 0.29) is 32.6 Å². The lowest BCUT2D eigenvalue weighted by Gasteiger charge is -2.20. The lowest BCUT2D eigenvalue weighted by molar-refractivity contribution is 0.589. The van der Waals surface area contributed by atoms with Gasteiger partial charge in [-0.3, -0.25) is 0 Å². The van der Waals surface area contributed by atoms with Gasteiger partial charge in [0.15, 0.2) is 24.5 Å². The van der Waals surface area contributed by atoms with Crippen molar-refractivity contribution in [2.24, 2.45) is 0 Å². The SMILES string of the molecule is CC(C)(C)c1ccc([S+](c2ccccc2)c2ccc(C(C)(C)C)cc2)cc1.CSc1ccc([S+](C)c2ccccc2)cc1. The first-order valence-electron chi connectivity index (χ1n) is 14.8. The van der Waals surface area contributed by atoms with Gasteiger partial charge in [-0.05, 0) is 101 Å². The van der Waals surface area contributed by atoms with Gasteiger partial charge in [0.25, 0.3) is 0 Å². The highest BCUT2D eigenvalue weighted by Gasteiger charge is 2.29. The summed E-state index contributed by atoms with van der Waals surface area (Å²) in [6.07, 6.45) is 4.39. The highest BCUT2D eigenvalue weighted by Crippen LogP contribution is 2.34. The van der Waals surface area contributed by atoms with E-state index in [2.05, 4.69) is 188 Å². The Morgan fingerprint density at radius 1 is 0.419 bits per heavy atom. The number of thioether (sulfide) groups is 1. The van der Waals surface area contributed by atoms with E-state index in [1.54, 1.807) is 11.8 Å². The molecule has 0 aliphatic heterocycles. The summed E-state index contributed by atoms with van der Waals surface area (Å²) in [5.41, 5.74) is 3.12. The Morgan fingerprint density at radius 2 is 0.744 bits per heavy atom. The second-order valence-electron chi connectivity index (χ2n) is 12.7. The lowest BCUT2D eigenvalue weighted by Crippen LogP contribution is -2.12. The van der Waals surface area contributed by atoms with Crippen LogP contribution in [0.3, 0.4) is 0 Å². The zero-order chi connectivity index (χ0) is 31.0. The van der Waals surface area contributed by atoms with Crippen LogP contribution >= 0.6 is 11.8 Å². The zero-order valence-electron chi connectivity index (χ0n) is 26.9. The Labute approximate surface area is 271 Å². The van der Waals surface area contributed by atoms with Crippen molar-refractivity contribution in [3.8, 4) is 0 Å². The molecule has 0 amide bonds. The van der Waals surface area contributed by atoms with Crippen LogP contribution in [0.15, 0.2) is 163 Å². The first-order chi connectivity index (χ1) is 20.5. The van der Waals surface area contributed by atoms with Gasteiger partial charge < -0.3 is 0 Å². The molecule has 0 aliphatic rings. The maximum Gasteiger partial charge on any atom is 0.166 e. The molecule has 0 heterocycles. The lowest BCUT2D eigenvalue weighted by atomic mass is 9.87. The Morgan fingerprint density at radius 3 is 1.12 bits per heavy atom. The van der Waals surface area contributed by atoms with E-state index >= 15 is 0 Å². The number of hydrogen-bond donors (Lipinski definition) is 0. The normalized spacial score (nSPS) is 12.4. The van der Waals surface area contributed by atoms with Gasteiger partial charge >= 0.3 is 0 Å². The molecule has 1 unspecified atom stereocenters. The summed E-state index contributed by atoms with van der Waals surface area (Å²) in [4.78, 5) is 8.25. The second-order valence-corrected chi connectivity index (χ2v) is 17.5. The zero-order valence-corrected chi connectivity index (χ0v) is 29.4. The fourth-order valence-corrected chi connectivity index (χ4v) is 8.54. The predicted molar refractivity (Wildman–Crippen MR) is 193 cm³/mol. The van der Waals surface area contributed by atoms with Gasteiger partial charge in [0.1, 0.15) is 6.26 Å². The van der Waals surface area contributed by atoms with Crippen LogP contribution in [0.5, 0.6) is 0 Å². The number of hydrogen-bond acceptors (Lipinski definition) is 1. The molecule has 222 valence electrons. The smallest absolute Gasteiger partial charge is 0.130 e. The second kappa shape index (κ2) is 14.8. The van der Waals surface area contributed by atoms with Gasteiger partial charge in [-0.1, -0.05) is 102 Å². The van der Waals surface area contributed by atoms with Gasteiger partial charge in [0, 0.05) is 4.90 Å². The third-order valence-corrected chi connectivity index (χ3v) is 12.3. The minimum absolute atomic E-state index is 0.0847. The van der Waals surface area contributed by atoms with Crippen molar-refractivity contribution < 1.29 is 0 Å². The van der Waals surface area contributed by atoms with E-state index in [1.165, 1.54) is 40.5 Å². The van der Waals surface area contributed by atoms with Crippen LogP contribution < -0.4 is 0 Å². The van der Waals surface area contributed by atoms with Crippen molar-refractivity contribution in [3.05, 3.63) is 145 Å². The number of rotatable bonds is 6. The molecular weight excluding hydrogens is 577 g/mol.